The van der Waals surface area contributed by atoms with Crippen molar-refractivity contribution in [3.63, 3.8) is 0 Å². The molecule has 2 unspecified atom stereocenters. The quantitative estimate of drug-likeness (QED) is 0.860. The standard InChI is InChI=1S/C11H19N5O.ClH/c1-9-10(2)16(8-4-12-9)11(17)3-6-15-7-5-13-14-15;/h5,7,9-10,12H,3-4,6,8H2,1-2H3;1H. The van der Waals surface area contributed by atoms with Gasteiger partial charge in [0, 0.05) is 37.8 Å². The first-order chi connectivity index (χ1) is 8.18. The first-order valence-electron chi connectivity index (χ1n) is 6.05. The molecule has 0 aliphatic carbocycles. The minimum atomic E-state index is 0. The first kappa shape index (κ1) is 14.9. The van der Waals surface area contributed by atoms with Gasteiger partial charge in [-0.25, -0.2) is 0 Å². The summed E-state index contributed by atoms with van der Waals surface area (Å²) in [6.07, 6.45) is 3.89. The van der Waals surface area contributed by atoms with Crippen molar-refractivity contribution in [1.29, 1.82) is 0 Å². The van der Waals surface area contributed by atoms with E-state index in [4.69, 9.17) is 0 Å². The third kappa shape index (κ3) is 3.43. The number of carbonyl (C=O) groups excluding carboxylic acids is 1. The van der Waals surface area contributed by atoms with Gasteiger partial charge in [0.2, 0.25) is 5.91 Å². The van der Waals surface area contributed by atoms with Gasteiger partial charge in [-0.15, -0.1) is 17.5 Å². The number of aryl methyl sites for hydroxylation is 1. The lowest BCUT2D eigenvalue weighted by Crippen LogP contribution is -2.57. The first-order valence-corrected chi connectivity index (χ1v) is 6.05. The Morgan fingerprint density at radius 3 is 2.94 bits per heavy atom. The van der Waals surface area contributed by atoms with Gasteiger partial charge in [0.1, 0.15) is 0 Å². The molecule has 2 heterocycles. The molecule has 1 saturated heterocycles. The molecule has 18 heavy (non-hydrogen) atoms. The second-order valence-electron chi connectivity index (χ2n) is 4.49. The van der Waals surface area contributed by atoms with Crippen molar-refractivity contribution in [3.05, 3.63) is 12.4 Å². The SMILES string of the molecule is CC1NCCN(C(=O)CCn2ccnn2)C1C.Cl. The van der Waals surface area contributed by atoms with Crippen LogP contribution in [0.1, 0.15) is 20.3 Å². The molecule has 6 nitrogen and oxygen atoms in total. The van der Waals surface area contributed by atoms with Crippen LogP contribution in [0.15, 0.2) is 12.4 Å². The van der Waals surface area contributed by atoms with Crippen LogP contribution in [0.2, 0.25) is 0 Å². The number of rotatable bonds is 3. The van der Waals surface area contributed by atoms with Crippen molar-refractivity contribution < 1.29 is 4.79 Å². The van der Waals surface area contributed by atoms with E-state index in [1.54, 1.807) is 17.1 Å². The van der Waals surface area contributed by atoms with Crippen molar-refractivity contribution in [2.45, 2.75) is 38.9 Å². The molecule has 2 atom stereocenters. The van der Waals surface area contributed by atoms with Gasteiger partial charge < -0.3 is 10.2 Å². The van der Waals surface area contributed by atoms with Crippen molar-refractivity contribution in [1.82, 2.24) is 25.2 Å². The summed E-state index contributed by atoms with van der Waals surface area (Å²) in [6.45, 7) is 6.47. The monoisotopic (exact) mass is 273 g/mol. The molecule has 0 aromatic carbocycles. The molecule has 0 spiro atoms. The highest BCUT2D eigenvalue weighted by atomic mass is 35.5. The fourth-order valence-electron chi connectivity index (χ4n) is 2.11. The van der Waals surface area contributed by atoms with Gasteiger partial charge in [0.05, 0.1) is 12.7 Å². The predicted octanol–water partition coefficient (Wildman–Crippen LogP) is 0.299. The van der Waals surface area contributed by atoms with E-state index in [-0.39, 0.29) is 24.4 Å². The summed E-state index contributed by atoms with van der Waals surface area (Å²) in [7, 11) is 0. The molecule has 1 aromatic heterocycles. The normalized spacial score (nSPS) is 23.6. The highest BCUT2D eigenvalue weighted by Crippen LogP contribution is 2.10. The molecule has 2 rings (SSSR count). The molecule has 7 heteroatoms. The van der Waals surface area contributed by atoms with Crippen LogP contribution in [-0.2, 0) is 11.3 Å². The van der Waals surface area contributed by atoms with Gasteiger partial charge in [0.15, 0.2) is 0 Å². The maximum atomic E-state index is 12.1. The molecule has 102 valence electrons. The summed E-state index contributed by atoms with van der Waals surface area (Å²) in [6, 6.07) is 0.617. The van der Waals surface area contributed by atoms with Gasteiger partial charge in [-0.2, -0.15) is 0 Å². The van der Waals surface area contributed by atoms with E-state index in [9.17, 15) is 4.79 Å². The molecule has 0 bridgehead atoms. The van der Waals surface area contributed by atoms with Crippen molar-refractivity contribution in [2.75, 3.05) is 13.1 Å². The number of nitrogens with zero attached hydrogens (tertiary/aromatic N) is 4. The molecule has 1 N–H and O–H groups in total. The Kier molecular flexibility index (Phi) is 5.55. The molecular weight excluding hydrogens is 254 g/mol. The zero-order chi connectivity index (χ0) is 12.3. The molecule has 1 fully saturated rings. The molecule has 1 aromatic rings. The van der Waals surface area contributed by atoms with Crippen LogP contribution < -0.4 is 5.32 Å². The smallest absolute Gasteiger partial charge is 0.224 e. The second kappa shape index (κ2) is 6.70. The van der Waals surface area contributed by atoms with Gasteiger partial charge in [0.25, 0.3) is 0 Å². The van der Waals surface area contributed by atoms with E-state index in [2.05, 4.69) is 29.5 Å². The Balaban J connectivity index is 0.00000162. The largest absolute Gasteiger partial charge is 0.337 e. The summed E-state index contributed by atoms with van der Waals surface area (Å²) in [4.78, 5) is 14.0. The van der Waals surface area contributed by atoms with Crippen LogP contribution in [-0.4, -0.2) is 51.0 Å². The van der Waals surface area contributed by atoms with E-state index in [1.165, 1.54) is 0 Å². The minimum absolute atomic E-state index is 0. The Bertz CT molecular complexity index is 370. The molecule has 1 aliphatic rings. The van der Waals surface area contributed by atoms with Crippen molar-refractivity contribution in [2.24, 2.45) is 0 Å². The number of carbonyl (C=O) groups is 1. The lowest BCUT2D eigenvalue weighted by Gasteiger charge is -2.38. The summed E-state index contributed by atoms with van der Waals surface area (Å²) in [5.74, 6) is 0.196. The highest BCUT2D eigenvalue weighted by molar-refractivity contribution is 5.85. The van der Waals surface area contributed by atoms with Crippen LogP contribution in [0.5, 0.6) is 0 Å². The van der Waals surface area contributed by atoms with Gasteiger partial charge in [-0.1, -0.05) is 5.21 Å². The zero-order valence-electron chi connectivity index (χ0n) is 10.7. The minimum Gasteiger partial charge on any atom is -0.337 e. The van der Waals surface area contributed by atoms with E-state index in [1.807, 2.05) is 4.90 Å². The van der Waals surface area contributed by atoms with Crippen molar-refractivity contribution in [3.8, 4) is 0 Å². The van der Waals surface area contributed by atoms with Crippen LogP contribution in [0.3, 0.4) is 0 Å². The average Bonchev–Trinajstić information content (AvgIpc) is 2.82. The summed E-state index contributed by atoms with van der Waals surface area (Å²) < 4.78 is 1.69. The summed E-state index contributed by atoms with van der Waals surface area (Å²) >= 11 is 0. The van der Waals surface area contributed by atoms with Gasteiger partial charge in [-0.3, -0.25) is 9.48 Å². The Morgan fingerprint density at radius 2 is 2.28 bits per heavy atom. The van der Waals surface area contributed by atoms with Gasteiger partial charge >= 0.3 is 0 Å². The van der Waals surface area contributed by atoms with E-state index in [0.717, 1.165) is 13.1 Å². The Labute approximate surface area is 113 Å². The maximum absolute atomic E-state index is 12.1. The molecule has 0 saturated carbocycles. The predicted molar refractivity (Wildman–Crippen MR) is 70.5 cm³/mol. The molecular formula is C11H20ClN5O. The summed E-state index contributed by atoms with van der Waals surface area (Å²) in [5, 5.41) is 10.9. The van der Waals surface area contributed by atoms with Crippen LogP contribution in [0.4, 0.5) is 0 Å². The fourth-order valence-corrected chi connectivity index (χ4v) is 2.11. The van der Waals surface area contributed by atoms with Crippen molar-refractivity contribution >= 4 is 18.3 Å². The number of amides is 1. The maximum Gasteiger partial charge on any atom is 0.224 e. The zero-order valence-corrected chi connectivity index (χ0v) is 11.6. The third-order valence-corrected chi connectivity index (χ3v) is 3.38. The van der Waals surface area contributed by atoms with E-state index in [0.29, 0.717) is 19.0 Å². The third-order valence-electron chi connectivity index (χ3n) is 3.38. The van der Waals surface area contributed by atoms with Gasteiger partial charge in [-0.05, 0) is 13.8 Å². The van der Waals surface area contributed by atoms with Crippen LogP contribution >= 0.6 is 12.4 Å². The van der Waals surface area contributed by atoms with E-state index >= 15 is 0 Å². The number of nitrogens with one attached hydrogen (secondary N) is 1. The number of aromatic nitrogens is 3. The van der Waals surface area contributed by atoms with Crippen LogP contribution in [0, 0.1) is 0 Å². The number of hydrogen-bond donors (Lipinski definition) is 1. The number of piperazine rings is 1. The Morgan fingerprint density at radius 1 is 1.50 bits per heavy atom. The van der Waals surface area contributed by atoms with E-state index < -0.39 is 0 Å². The Hall–Kier alpha value is -1.14. The fraction of sp³-hybridized carbons (Fsp3) is 0.727. The lowest BCUT2D eigenvalue weighted by molar-refractivity contribution is -0.135. The topological polar surface area (TPSA) is 63.1 Å². The second-order valence-corrected chi connectivity index (χ2v) is 4.49. The highest BCUT2D eigenvalue weighted by Gasteiger charge is 2.27. The molecule has 1 amide bonds. The molecule has 1 aliphatic heterocycles. The van der Waals surface area contributed by atoms with Crippen LogP contribution in [0.25, 0.3) is 0 Å². The molecule has 0 radical (unpaired) electrons. The lowest BCUT2D eigenvalue weighted by atomic mass is 10.1. The average molecular weight is 274 g/mol. The summed E-state index contributed by atoms with van der Waals surface area (Å²) in [5.41, 5.74) is 0. The number of hydrogen-bond acceptors (Lipinski definition) is 4. The number of halogens is 1.